The van der Waals surface area contributed by atoms with Gasteiger partial charge in [-0.3, -0.25) is 4.90 Å². The summed E-state index contributed by atoms with van der Waals surface area (Å²) in [4.78, 5) is 4.87. The first-order valence-corrected chi connectivity index (χ1v) is 7.93. The van der Waals surface area contributed by atoms with E-state index >= 15 is 0 Å². The Labute approximate surface area is 135 Å². The average molecular weight is 321 g/mol. The topological polar surface area (TPSA) is 6.48 Å². The van der Waals surface area contributed by atoms with Crippen molar-refractivity contribution in [3.05, 3.63) is 64.1 Å². The zero-order valence-corrected chi connectivity index (χ0v) is 13.3. The maximum atomic E-state index is 6.06. The number of hydrogen-bond acceptors (Lipinski definition) is 2. The molecule has 0 spiro atoms. The minimum atomic E-state index is 0.796. The SMILES string of the molecule is Clc1ccc(CN2CCN(c3cccc(Cl)c3)CC2)cc1. The number of halogens is 2. The molecule has 0 radical (unpaired) electrons. The second kappa shape index (κ2) is 6.69. The second-order valence-corrected chi connectivity index (χ2v) is 6.24. The van der Waals surface area contributed by atoms with E-state index in [1.807, 2.05) is 30.3 Å². The molecule has 0 amide bonds. The van der Waals surface area contributed by atoms with Gasteiger partial charge in [-0.1, -0.05) is 41.4 Å². The molecular formula is C17H18Cl2N2. The Morgan fingerprint density at radius 2 is 1.52 bits per heavy atom. The molecule has 1 aliphatic rings. The highest BCUT2D eigenvalue weighted by Crippen LogP contribution is 2.21. The lowest BCUT2D eigenvalue weighted by molar-refractivity contribution is 0.250. The summed E-state index contributed by atoms with van der Waals surface area (Å²) in [6.45, 7) is 5.19. The molecule has 2 aromatic carbocycles. The summed E-state index contributed by atoms with van der Waals surface area (Å²) in [5.74, 6) is 0. The van der Waals surface area contributed by atoms with E-state index < -0.39 is 0 Å². The number of anilines is 1. The van der Waals surface area contributed by atoms with Gasteiger partial charge in [0.15, 0.2) is 0 Å². The van der Waals surface area contributed by atoms with Gasteiger partial charge >= 0.3 is 0 Å². The van der Waals surface area contributed by atoms with Gasteiger partial charge in [0.05, 0.1) is 0 Å². The Kier molecular flexibility index (Phi) is 4.69. The Morgan fingerprint density at radius 1 is 0.810 bits per heavy atom. The maximum Gasteiger partial charge on any atom is 0.0426 e. The van der Waals surface area contributed by atoms with E-state index in [9.17, 15) is 0 Å². The van der Waals surface area contributed by atoms with Crippen molar-refractivity contribution in [1.82, 2.24) is 4.90 Å². The van der Waals surface area contributed by atoms with Crippen molar-refractivity contribution >= 4 is 28.9 Å². The third-order valence-corrected chi connectivity index (χ3v) is 4.35. The number of nitrogens with zero attached hydrogens (tertiary/aromatic N) is 2. The number of hydrogen-bond donors (Lipinski definition) is 0. The number of benzene rings is 2. The first-order valence-electron chi connectivity index (χ1n) is 7.18. The zero-order chi connectivity index (χ0) is 14.7. The largest absolute Gasteiger partial charge is 0.369 e. The van der Waals surface area contributed by atoms with Crippen LogP contribution in [-0.2, 0) is 6.54 Å². The molecule has 0 N–H and O–H groups in total. The van der Waals surface area contributed by atoms with Crippen LogP contribution in [0.3, 0.4) is 0 Å². The zero-order valence-electron chi connectivity index (χ0n) is 11.8. The molecule has 2 aromatic rings. The fraction of sp³-hybridized carbons (Fsp3) is 0.294. The van der Waals surface area contributed by atoms with E-state index in [-0.39, 0.29) is 0 Å². The monoisotopic (exact) mass is 320 g/mol. The summed E-state index contributed by atoms with van der Waals surface area (Å²) in [5, 5.41) is 1.60. The van der Waals surface area contributed by atoms with Crippen LogP contribution in [-0.4, -0.2) is 31.1 Å². The molecule has 0 unspecified atom stereocenters. The average Bonchev–Trinajstić information content (AvgIpc) is 2.50. The lowest BCUT2D eigenvalue weighted by Crippen LogP contribution is -2.45. The van der Waals surface area contributed by atoms with Gasteiger partial charge in [0.1, 0.15) is 0 Å². The van der Waals surface area contributed by atoms with Gasteiger partial charge in [-0.15, -0.1) is 0 Å². The normalized spacial score (nSPS) is 16.2. The van der Waals surface area contributed by atoms with Crippen LogP contribution in [0.1, 0.15) is 5.56 Å². The van der Waals surface area contributed by atoms with Crippen LogP contribution in [0.2, 0.25) is 10.0 Å². The first kappa shape index (κ1) is 14.7. The highest BCUT2D eigenvalue weighted by Gasteiger charge is 2.17. The van der Waals surface area contributed by atoms with Crippen molar-refractivity contribution < 1.29 is 0 Å². The van der Waals surface area contributed by atoms with Crippen LogP contribution in [0.25, 0.3) is 0 Å². The Hall–Kier alpha value is -1.22. The predicted molar refractivity (Wildman–Crippen MR) is 90.4 cm³/mol. The van der Waals surface area contributed by atoms with Gasteiger partial charge < -0.3 is 4.90 Å². The summed E-state index contributed by atoms with van der Waals surface area (Å²) in [6, 6.07) is 16.2. The minimum Gasteiger partial charge on any atom is -0.369 e. The molecule has 1 aliphatic heterocycles. The van der Waals surface area contributed by atoms with Crippen LogP contribution in [0, 0.1) is 0 Å². The molecule has 0 aliphatic carbocycles. The standard InChI is InChI=1S/C17H18Cl2N2/c18-15-6-4-14(5-7-15)13-20-8-10-21(11-9-20)17-3-1-2-16(19)12-17/h1-7,12H,8-11,13H2. The predicted octanol–water partition coefficient (Wildman–Crippen LogP) is 4.32. The molecule has 0 aromatic heterocycles. The summed E-state index contributed by atoms with van der Waals surface area (Å²) >= 11 is 12.0. The van der Waals surface area contributed by atoms with Gasteiger partial charge in [-0.2, -0.15) is 0 Å². The van der Waals surface area contributed by atoms with E-state index in [0.717, 1.165) is 42.8 Å². The summed E-state index contributed by atoms with van der Waals surface area (Å²) in [6.07, 6.45) is 0. The van der Waals surface area contributed by atoms with Crippen molar-refractivity contribution in [2.45, 2.75) is 6.54 Å². The van der Waals surface area contributed by atoms with E-state index in [1.54, 1.807) is 0 Å². The summed E-state index contributed by atoms with van der Waals surface area (Å²) in [5.41, 5.74) is 2.53. The third kappa shape index (κ3) is 3.91. The van der Waals surface area contributed by atoms with Crippen molar-refractivity contribution in [3.8, 4) is 0 Å². The second-order valence-electron chi connectivity index (χ2n) is 5.37. The van der Waals surface area contributed by atoms with Crippen LogP contribution in [0.5, 0.6) is 0 Å². The molecule has 1 fully saturated rings. The fourth-order valence-electron chi connectivity index (χ4n) is 2.69. The summed E-state index contributed by atoms with van der Waals surface area (Å²) in [7, 11) is 0. The van der Waals surface area contributed by atoms with Gasteiger partial charge in [0.2, 0.25) is 0 Å². The Balaban J connectivity index is 1.56. The lowest BCUT2D eigenvalue weighted by Gasteiger charge is -2.36. The Morgan fingerprint density at radius 3 is 2.19 bits per heavy atom. The van der Waals surface area contributed by atoms with E-state index in [0.29, 0.717) is 0 Å². The summed E-state index contributed by atoms with van der Waals surface area (Å²) < 4.78 is 0. The Bertz CT molecular complexity index is 590. The van der Waals surface area contributed by atoms with Gasteiger partial charge in [0, 0.05) is 48.5 Å². The minimum absolute atomic E-state index is 0.796. The van der Waals surface area contributed by atoms with Crippen molar-refractivity contribution in [2.24, 2.45) is 0 Å². The highest BCUT2D eigenvalue weighted by molar-refractivity contribution is 6.31. The van der Waals surface area contributed by atoms with Crippen LogP contribution >= 0.6 is 23.2 Å². The quantitative estimate of drug-likeness (QED) is 0.831. The first-order chi connectivity index (χ1) is 10.2. The molecule has 1 heterocycles. The van der Waals surface area contributed by atoms with Crippen molar-refractivity contribution in [3.63, 3.8) is 0 Å². The van der Waals surface area contributed by atoms with Gasteiger partial charge in [-0.25, -0.2) is 0 Å². The smallest absolute Gasteiger partial charge is 0.0426 e. The van der Waals surface area contributed by atoms with Crippen LogP contribution < -0.4 is 4.90 Å². The third-order valence-electron chi connectivity index (χ3n) is 3.87. The van der Waals surface area contributed by atoms with Crippen LogP contribution in [0.4, 0.5) is 5.69 Å². The van der Waals surface area contributed by atoms with Gasteiger partial charge in [-0.05, 0) is 35.9 Å². The number of rotatable bonds is 3. The fourth-order valence-corrected chi connectivity index (χ4v) is 3.00. The van der Waals surface area contributed by atoms with Crippen LogP contribution in [0.15, 0.2) is 48.5 Å². The molecule has 21 heavy (non-hydrogen) atoms. The maximum absolute atomic E-state index is 6.06. The van der Waals surface area contributed by atoms with Gasteiger partial charge in [0.25, 0.3) is 0 Å². The molecular weight excluding hydrogens is 303 g/mol. The molecule has 1 saturated heterocycles. The van der Waals surface area contributed by atoms with E-state index in [4.69, 9.17) is 23.2 Å². The number of piperazine rings is 1. The molecule has 3 rings (SSSR count). The molecule has 0 saturated carbocycles. The van der Waals surface area contributed by atoms with E-state index in [2.05, 4.69) is 28.0 Å². The highest BCUT2D eigenvalue weighted by atomic mass is 35.5. The molecule has 110 valence electrons. The molecule has 4 heteroatoms. The van der Waals surface area contributed by atoms with Crippen molar-refractivity contribution in [2.75, 3.05) is 31.1 Å². The lowest BCUT2D eigenvalue weighted by atomic mass is 10.2. The van der Waals surface area contributed by atoms with E-state index in [1.165, 1.54) is 11.3 Å². The molecule has 2 nitrogen and oxygen atoms in total. The molecule has 0 atom stereocenters. The van der Waals surface area contributed by atoms with Crippen molar-refractivity contribution in [1.29, 1.82) is 0 Å². The molecule has 0 bridgehead atoms.